The predicted octanol–water partition coefficient (Wildman–Crippen LogP) is 2.94. The van der Waals surface area contributed by atoms with Gasteiger partial charge in [0.25, 0.3) is 0 Å². The van der Waals surface area contributed by atoms with Crippen molar-refractivity contribution >= 4 is 11.6 Å². The molecule has 2 N–H and O–H groups in total. The van der Waals surface area contributed by atoms with E-state index < -0.39 is 17.8 Å². The maximum absolute atomic E-state index is 12.6. The van der Waals surface area contributed by atoms with Gasteiger partial charge in [-0.3, -0.25) is 0 Å². The molecule has 5 nitrogen and oxygen atoms in total. The number of anilines is 2. The zero-order valence-electron chi connectivity index (χ0n) is 11.3. The van der Waals surface area contributed by atoms with Gasteiger partial charge >= 0.3 is 6.18 Å². The van der Waals surface area contributed by atoms with Crippen LogP contribution in [0.3, 0.4) is 0 Å². The summed E-state index contributed by atoms with van der Waals surface area (Å²) in [6.07, 6.45) is -4.61. The second kappa shape index (κ2) is 5.47. The topological polar surface area (TPSA) is 64.3 Å². The maximum atomic E-state index is 12.6. The van der Waals surface area contributed by atoms with Gasteiger partial charge in [-0.15, -0.1) is 0 Å². The molecule has 0 aliphatic rings. The van der Waals surface area contributed by atoms with Gasteiger partial charge in [-0.1, -0.05) is 6.07 Å². The van der Waals surface area contributed by atoms with E-state index in [-0.39, 0.29) is 5.88 Å². The Labute approximate surface area is 119 Å². The Morgan fingerprint density at radius 3 is 2.48 bits per heavy atom. The molecule has 0 radical (unpaired) electrons. The summed E-state index contributed by atoms with van der Waals surface area (Å²) in [7, 11) is 3.67. The number of ether oxygens (including phenoxy) is 1. The van der Waals surface area contributed by atoms with Crippen molar-refractivity contribution in [2.24, 2.45) is 0 Å². The first-order valence-electron chi connectivity index (χ1n) is 5.93. The molecular formula is C13H13F3N4O. The summed E-state index contributed by atoms with van der Waals surface area (Å²) < 4.78 is 43.3. The Kier molecular flexibility index (Phi) is 3.88. The van der Waals surface area contributed by atoms with E-state index in [1.165, 1.54) is 0 Å². The highest BCUT2D eigenvalue weighted by atomic mass is 19.4. The number of aromatic nitrogens is 2. The molecule has 0 saturated heterocycles. The lowest BCUT2D eigenvalue weighted by Gasteiger charge is -2.14. The van der Waals surface area contributed by atoms with E-state index in [2.05, 4.69) is 9.97 Å². The highest BCUT2D eigenvalue weighted by Gasteiger charge is 2.33. The minimum Gasteiger partial charge on any atom is -0.439 e. The van der Waals surface area contributed by atoms with Gasteiger partial charge in [0.05, 0.1) is 0 Å². The first kappa shape index (κ1) is 14.9. The Hall–Kier alpha value is -2.51. The first-order chi connectivity index (χ1) is 9.75. The Balaban J connectivity index is 2.31. The van der Waals surface area contributed by atoms with Crippen LogP contribution < -0.4 is 15.4 Å². The second-order valence-electron chi connectivity index (χ2n) is 4.44. The predicted molar refractivity (Wildman–Crippen MR) is 72.3 cm³/mol. The molecule has 0 aliphatic heterocycles. The molecule has 0 aliphatic carbocycles. The van der Waals surface area contributed by atoms with Crippen LogP contribution in [0.25, 0.3) is 0 Å². The lowest BCUT2D eigenvalue weighted by atomic mass is 10.3. The second-order valence-corrected chi connectivity index (χ2v) is 4.44. The molecule has 0 atom stereocenters. The summed E-state index contributed by atoms with van der Waals surface area (Å²) >= 11 is 0. The highest BCUT2D eigenvalue weighted by Crippen LogP contribution is 2.31. The number of alkyl halides is 3. The van der Waals surface area contributed by atoms with Gasteiger partial charge in [0.15, 0.2) is 5.69 Å². The summed E-state index contributed by atoms with van der Waals surface area (Å²) in [6, 6.07) is 7.55. The third-order valence-corrected chi connectivity index (χ3v) is 2.57. The molecule has 112 valence electrons. The van der Waals surface area contributed by atoms with E-state index in [9.17, 15) is 13.2 Å². The molecule has 1 aromatic heterocycles. The number of nitrogens with zero attached hydrogens (tertiary/aromatic N) is 3. The fourth-order valence-corrected chi connectivity index (χ4v) is 1.59. The fraction of sp³-hybridized carbons (Fsp3) is 0.231. The van der Waals surface area contributed by atoms with Crippen LogP contribution in [0.4, 0.5) is 24.8 Å². The summed E-state index contributed by atoms with van der Waals surface area (Å²) in [5.74, 6) is -0.401. The fourth-order valence-electron chi connectivity index (χ4n) is 1.59. The van der Waals surface area contributed by atoms with Crippen molar-refractivity contribution in [2.45, 2.75) is 6.18 Å². The van der Waals surface area contributed by atoms with Crippen LogP contribution in [0.15, 0.2) is 30.3 Å². The van der Waals surface area contributed by atoms with Gasteiger partial charge in [0.1, 0.15) is 5.75 Å². The average Bonchev–Trinajstić information content (AvgIpc) is 2.37. The lowest BCUT2D eigenvalue weighted by molar-refractivity contribution is -0.141. The van der Waals surface area contributed by atoms with Crippen LogP contribution in [0, 0.1) is 0 Å². The molecule has 2 aromatic rings. The zero-order valence-corrected chi connectivity index (χ0v) is 11.3. The monoisotopic (exact) mass is 298 g/mol. The van der Waals surface area contributed by atoms with E-state index in [4.69, 9.17) is 10.5 Å². The standard InChI is InChI=1S/C13H13F3N4O/c1-20(2)8-4-3-5-9(6-8)21-11-7-10(13(14,15)16)18-12(17)19-11/h3-7H,1-2H3,(H2,17,18,19). The normalized spacial score (nSPS) is 11.3. The molecule has 2 rings (SSSR count). The highest BCUT2D eigenvalue weighted by molar-refractivity contribution is 5.50. The first-order valence-corrected chi connectivity index (χ1v) is 5.93. The van der Waals surface area contributed by atoms with Gasteiger partial charge in [-0.25, -0.2) is 4.98 Å². The van der Waals surface area contributed by atoms with Crippen LogP contribution >= 0.6 is 0 Å². The largest absolute Gasteiger partial charge is 0.439 e. The smallest absolute Gasteiger partial charge is 0.433 e. The van der Waals surface area contributed by atoms with Crippen molar-refractivity contribution in [2.75, 3.05) is 24.7 Å². The molecule has 1 aromatic carbocycles. The number of hydrogen-bond donors (Lipinski definition) is 1. The zero-order chi connectivity index (χ0) is 15.6. The van der Waals surface area contributed by atoms with Crippen molar-refractivity contribution < 1.29 is 17.9 Å². The molecule has 0 unspecified atom stereocenters. The van der Waals surface area contributed by atoms with Crippen molar-refractivity contribution in [1.29, 1.82) is 0 Å². The molecule has 1 heterocycles. The molecule has 0 fully saturated rings. The van der Waals surface area contributed by atoms with Crippen molar-refractivity contribution in [1.82, 2.24) is 9.97 Å². The molecule has 0 amide bonds. The van der Waals surface area contributed by atoms with Crippen molar-refractivity contribution in [3.63, 3.8) is 0 Å². The van der Waals surface area contributed by atoms with Crippen molar-refractivity contribution in [3.8, 4) is 11.6 Å². The Morgan fingerprint density at radius 2 is 1.86 bits per heavy atom. The van der Waals surface area contributed by atoms with Gasteiger partial charge < -0.3 is 15.4 Å². The summed E-state index contributed by atoms with van der Waals surface area (Å²) in [6.45, 7) is 0. The minimum absolute atomic E-state index is 0.259. The number of benzene rings is 1. The van der Waals surface area contributed by atoms with Crippen LogP contribution in [-0.2, 0) is 6.18 Å². The van der Waals surface area contributed by atoms with E-state index in [1.54, 1.807) is 18.2 Å². The molecule has 8 heteroatoms. The average molecular weight is 298 g/mol. The molecule has 0 saturated carbocycles. The third-order valence-electron chi connectivity index (χ3n) is 2.57. The van der Waals surface area contributed by atoms with Gasteiger partial charge in [0.2, 0.25) is 11.8 Å². The number of halogens is 3. The van der Waals surface area contributed by atoms with Crippen molar-refractivity contribution in [3.05, 3.63) is 36.0 Å². The molecule has 0 spiro atoms. The van der Waals surface area contributed by atoms with Gasteiger partial charge in [-0.2, -0.15) is 18.2 Å². The lowest BCUT2D eigenvalue weighted by Crippen LogP contribution is -2.11. The van der Waals surface area contributed by atoms with E-state index >= 15 is 0 Å². The van der Waals surface area contributed by atoms with E-state index in [0.717, 1.165) is 5.69 Å². The van der Waals surface area contributed by atoms with Crippen LogP contribution in [0.2, 0.25) is 0 Å². The number of hydrogen-bond acceptors (Lipinski definition) is 5. The Bertz CT molecular complexity index is 644. The number of nitrogen functional groups attached to an aromatic ring is 1. The SMILES string of the molecule is CN(C)c1cccc(Oc2cc(C(F)(F)F)nc(N)n2)c1. The van der Waals surface area contributed by atoms with Gasteiger partial charge in [-0.05, 0) is 12.1 Å². The number of nitrogens with two attached hydrogens (primary N) is 1. The summed E-state index contributed by atoms with van der Waals surface area (Å²) in [5, 5.41) is 0. The van der Waals surface area contributed by atoms with E-state index in [1.807, 2.05) is 25.1 Å². The molecular weight excluding hydrogens is 285 g/mol. The van der Waals surface area contributed by atoms with Gasteiger partial charge in [0, 0.05) is 31.9 Å². The maximum Gasteiger partial charge on any atom is 0.433 e. The Morgan fingerprint density at radius 1 is 1.14 bits per heavy atom. The van der Waals surface area contributed by atoms with Crippen LogP contribution in [0.5, 0.6) is 11.6 Å². The quantitative estimate of drug-likeness (QED) is 0.944. The summed E-state index contributed by atoms with van der Waals surface area (Å²) in [4.78, 5) is 8.63. The third kappa shape index (κ3) is 3.74. The van der Waals surface area contributed by atoms with Crippen LogP contribution in [-0.4, -0.2) is 24.1 Å². The van der Waals surface area contributed by atoms with E-state index in [0.29, 0.717) is 11.8 Å². The van der Waals surface area contributed by atoms with Crippen LogP contribution in [0.1, 0.15) is 5.69 Å². The minimum atomic E-state index is -4.61. The number of rotatable bonds is 3. The molecule has 21 heavy (non-hydrogen) atoms. The summed E-state index contributed by atoms with van der Waals surface area (Å²) in [5.41, 5.74) is 4.97. The molecule has 0 bridgehead atoms.